The highest BCUT2D eigenvalue weighted by molar-refractivity contribution is 6.13. The molecule has 1 N–H and O–H groups in total. The number of nitrogens with one attached hydrogen (secondary N) is 1. The fourth-order valence-corrected chi connectivity index (χ4v) is 4.51. The summed E-state index contributed by atoms with van der Waals surface area (Å²) in [5.74, 6) is 1.47. The number of carbonyl (C=O) groups excluding carboxylic acids is 2. The highest BCUT2D eigenvalue weighted by Gasteiger charge is 2.43. The molecule has 1 spiro atoms. The molecule has 4 rings (SSSR count). The van der Waals surface area contributed by atoms with E-state index in [2.05, 4.69) is 12.2 Å². The molecule has 0 bridgehead atoms. The average molecular weight is 383 g/mol. The summed E-state index contributed by atoms with van der Waals surface area (Å²) in [7, 11) is 0. The molecule has 28 heavy (non-hydrogen) atoms. The topological polar surface area (TPSA) is 68.5 Å². The smallest absolute Gasteiger partial charge is 0.287 e. The van der Waals surface area contributed by atoms with Crippen LogP contribution in [0.3, 0.4) is 0 Å². The van der Waals surface area contributed by atoms with E-state index in [1.165, 1.54) is 0 Å². The minimum absolute atomic E-state index is 0.0625. The number of carbonyl (C=O) groups is 2. The van der Waals surface area contributed by atoms with Gasteiger partial charge in [-0.2, -0.15) is 0 Å². The number of fused-ring (bicyclic) bond motifs is 3. The molecule has 1 aliphatic carbocycles. The van der Waals surface area contributed by atoms with E-state index in [0.717, 1.165) is 37.5 Å². The quantitative estimate of drug-likeness (QED) is 0.792. The minimum atomic E-state index is -0.362. The molecule has 1 fully saturated rings. The van der Waals surface area contributed by atoms with E-state index >= 15 is 0 Å². The lowest BCUT2D eigenvalue weighted by molar-refractivity contribution is 0.00430. The van der Waals surface area contributed by atoms with Crippen molar-refractivity contribution < 1.29 is 18.7 Å². The zero-order chi connectivity index (χ0) is 20.1. The van der Waals surface area contributed by atoms with E-state index in [0.29, 0.717) is 34.8 Å². The molecule has 1 amide bonds. The highest BCUT2D eigenvalue weighted by atomic mass is 16.5. The van der Waals surface area contributed by atoms with Crippen LogP contribution in [0.15, 0.2) is 16.5 Å². The normalized spacial score (nSPS) is 25.4. The summed E-state index contributed by atoms with van der Waals surface area (Å²) in [6.07, 6.45) is 5.28. The van der Waals surface area contributed by atoms with Gasteiger partial charge in [-0.05, 0) is 64.0 Å². The summed E-state index contributed by atoms with van der Waals surface area (Å²) < 4.78 is 12.3. The number of furan rings is 1. The summed E-state index contributed by atoms with van der Waals surface area (Å²) in [6.45, 7) is 8.08. The molecule has 1 aliphatic heterocycles. The van der Waals surface area contributed by atoms with Crippen LogP contribution in [0.2, 0.25) is 0 Å². The molecule has 5 nitrogen and oxygen atoms in total. The molecule has 1 saturated carbocycles. The van der Waals surface area contributed by atoms with Crippen LogP contribution < -0.4 is 10.1 Å². The summed E-state index contributed by atoms with van der Waals surface area (Å²) in [4.78, 5) is 25.8. The van der Waals surface area contributed by atoms with Gasteiger partial charge in [-0.15, -0.1) is 0 Å². The molecule has 1 aromatic heterocycles. The van der Waals surface area contributed by atoms with Crippen molar-refractivity contribution in [1.82, 2.24) is 5.32 Å². The number of benzene rings is 1. The van der Waals surface area contributed by atoms with E-state index in [4.69, 9.17) is 9.15 Å². The average Bonchev–Trinajstić information content (AvgIpc) is 3.01. The maximum absolute atomic E-state index is 13.2. The molecule has 150 valence electrons. The first-order chi connectivity index (χ1) is 13.3. The van der Waals surface area contributed by atoms with Crippen LogP contribution in [-0.4, -0.2) is 23.3 Å². The number of Topliss-reactive ketones (excluding diaryl/α,β-unsaturated/α-hetero) is 1. The van der Waals surface area contributed by atoms with E-state index < -0.39 is 0 Å². The molecule has 2 aliphatic rings. The molecule has 0 radical (unpaired) electrons. The third-order valence-corrected chi connectivity index (χ3v) is 6.53. The minimum Gasteiger partial charge on any atom is -0.486 e. The fraction of sp³-hybridized carbons (Fsp3) is 0.565. The van der Waals surface area contributed by atoms with Gasteiger partial charge in [0.05, 0.1) is 12.0 Å². The Labute approximate surface area is 165 Å². The van der Waals surface area contributed by atoms with Gasteiger partial charge in [0, 0.05) is 17.0 Å². The van der Waals surface area contributed by atoms with Crippen molar-refractivity contribution in [3.63, 3.8) is 0 Å². The first-order valence-electron chi connectivity index (χ1n) is 10.4. The largest absolute Gasteiger partial charge is 0.486 e. The van der Waals surface area contributed by atoms with Crippen LogP contribution in [0.25, 0.3) is 11.0 Å². The van der Waals surface area contributed by atoms with Crippen LogP contribution in [0.4, 0.5) is 0 Å². The Hall–Kier alpha value is -2.30. The maximum Gasteiger partial charge on any atom is 0.287 e. The zero-order valence-corrected chi connectivity index (χ0v) is 17.2. The standard InChI is InChI=1S/C23H29NO4/c1-5-14(3)24-22(26)21-15(4)19-17(27-21)6-7-18-20(19)16(25)12-23(28-18)10-8-13(2)9-11-23/h6-7,13-14H,5,8-12H2,1-4H3,(H,24,26)/t13?,14-,23?/m1/s1. The molecule has 2 heterocycles. The second-order valence-electron chi connectivity index (χ2n) is 8.72. The maximum atomic E-state index is 13.2. The van der Waals surface area contributed by atoms with E-state index in [-0.39, 0.29) is 29.1 Å². The molecular weight excluding hydrogens is 354 g/mol. The number of hydrogen-bond acceptors (Lipinski definition) is 4. The molecule has 2 aromatic rings. The lowest BCUT2D eigenvalue weighted by Crippen LogP contribution is -2.44. The van der Waals surface area contributed by atoms with Crippen LogP contribution in [0.5, 0.6) is 5.75 Å². The summed E-state index contributed by atoms with van der Waals surface area (Å²) >= 11 is 0. The lowest BCUT2D eigenvalue weighted by atomic mass is 9.74. The van der Waals surface area contributed by atoms with Crippen molar-refractivity contribution in [3.05, 3.63) is 29.0 Å². The molecule has 5 heteroatoms. The Morgan fingerprint density at radius 3 is 2.71 bits per heavy atom. The summed E-state index contributed by atoms with van der Waals surface area (Å²) in [5.41, 5.74) is 1.48. The molecular formula is C23H29NO4. The second-order valence-corrected chi connectivity index (χ2v) is 8.72. The third kappa shape index (κ3) is 3.11. The predicted molar refractivity (Wildman–Crippen MR) is 108 cm³/mol. The number of ketones is 1. The number of ether oxygens (including phenoxy) is 1. The molecule has 0 unspecified atom stereocenters. The van der Waals surface area contributed by atoms with E-state index in [1.807, 2.05) is 32.9 Å². The monoisotopic (exact) mass is 383 g/mol. The van der Waals surface area contributed by atoms with Gasteiger partial charge in [0.2, 0.25) is 0 Å². The van der Waals surface area contributed by atoms with Gasteiger partial charge in [-0.3, -0.25) is 9.59 Å². The van der Waals surface area contributed by atoms with E-state index in [9.17, 15) is 9.59 Å². The Kier molecular flexibility index (Phi) is 4.72. The highest BCUT2D eigenvalue weighted by Crippen LogP contribution is 2.46. The fourth-order valence-electron chi connectivity index (χ4n) is 4.51. The van der Waals surface area contributed by atoms with Crippen molar-refractivity contribution in [2.75, 3.05) is 0 Å². The van der Waals surface area contributed by atoms with Gasteiger partial charge in [-0.25, -0.2) is 0 Å². The van der Waals surface area contributed by atoms with Crippen molar-refractivity contribution in [1.29, 1.82) is 0 Å². The first-order valence-corrected chi connectivity index (χ1v) is 10.4. The van der Waals surface area contributed by atoms with Gasteiger partial charge in [-0.1, -0.05) is 13.8 Å². The van der Waals surface area contributed by atoms with Crippen LogP contribution in [-0.2, 0) is 0 Å². The van der Waals surface area contributed by atoms with Gasteiger partial charge in [0.25, 0.3) is 5.91 Å². The second kappa shape index (κ2) is 6.94. The van der Waals surface area contributed by atoms with Crippen molar-refractivity contribution in [2.24, 2.45) is 5.92 Å². The summed E-state index contributed by atoms with van der Waals surface area (Å²) in [5, 5.41) is 3.66. The number of rotatable bonds is 3. The Morgan fingerprint density at radius 2 is 2.04 bits per heavy atom. The van der Waals surface area contributed by atoms with Crippen molar-refractivity contribution in [3.8, 4) is 5.75 Å². The first kappa shape index (κ1) is 19.0. The Bertz CT molecular complexity index is 934. The van der Waals surface area contributed by atoms with Crippen molar-refractivity contribution in [2.45, 2.75) is 77.9 Å². The molecule has 0 saturated heterocycles. The van der Waals surface area contributed by atoms with Crippen LogP contribution >= 0.6 is 0 Å². The number of hydrogen-bond donors (Lipinski definition) is 1. The van der Waals surface area contributed by atoms with Crippen molar-refractivity contribution >= 4 is 22.7 Å². The van der Waals surface area contributed by atoms with Gasteiger partial charge >= 0.3 is 0 Å². The van der Waals surface area contributed by atoms with E-state index in [1.54, 1.807) is 0 Å². The Balaban J connectivity index is 1.73. The molecule has 1 aromatic carbocycles. The number of aryl methyl sites for hydroxylation is 1. The van der Waals surface area contributed by atoms with Gasteiger partial charge in [0.15, 0.2) is 11.5 Å². The zero-order valence-electron chi connectivity index (χ0n) is 17.2. The SMILES string of the molecule is CC[C@@H](C)NC(=O)c1oc2ccc3c(c2c1C)C(=O)CC1(CCC(C)CC1)O3. The Morgan fingerprint density at radius 1 is 1.32 bits per heavy atom. The van der Waals surface area contributed by atoms with Gasteiger partial charge in [0.1, 0.15) is 16.9 Å². The molecule has 1 atom stereocenters. The summed E-state index contributed by atoms with van der Waals surface area (Å²) in [6, 6.07) is 3.71. The van der Waals surface area contributed by atoms with Gasteiger partial charge < -0.3 is 14.5 Å². The number of amides is 1. The third-order valence-electron chi connectivity index (χ3n) is 6.53. The van der Waals surface area contributed by atoms with Crippen LogP contribution in [0, 0.1) is 12.8 Å². The lowest BCUT2D eigenvalue weighted by Gasteiger charge is -2.42. The predicted octanol–water partition coefficient (Wildman–Crippen LogP) is 5.18. The van der Waals surface area contributed by atoms with Crippen LogP contribution in [0.1, 0.15) is 85.8 Å².